The van der Waals surface area contributed by atoms with E-state index in [1.165, 1.54) is 49.8 Å². The molecule has 1 unspecified atom stereocenters. The van der Waals surface area contributed by atoms with Crippen molar-refractivity contribution in [3.8, 4) is 5.75 Å². The highest BCUT2D eigenvalue weighted by molar-refractivity contribution is 5.78. The van der Waals surface area contributed by atoms with Gasteiger partial charge in [0.25, 0.3) is 0 Å². The molecule has 4 nitrogen and oxygen atoms in total. The Morgan fingerprint density at radius 3 is 2.70 bits per heavy atom. The molecule has 33 heavy (non-hydrogen) atoms. The predicted octanol–water partition coefficient (Wildman–Crippen LogP) is 5.84. The van der Waals surface area contributed by atoms with Gasteiger partial charge >= 0.3 is 5.97 Å². The standard InChI is InChI=1S/C29H37NO3/c1-4-24(21-10-6-5-7-11-21)27(31)33-20-32-23-13-12-22-18-26-28(2)14-8-9-15-29(28,25(22)19-23)16-17-30(26)3/h5-7,10-13,19,24,26H,4,8-9,14-18,20H2,1-3H3/t24?,26-,28+,29+/m0/s1. The Kier molecular flexibility index (Phi) is 5.98. The number of likely N-dealkylation sites (N-methyl/N-ethyl adjacent to an activating group) is 1. The van der Waals surface area contributed by atoms with Crippen LogP contribution in [0.3, 0.4) is 0 Å². The number of rotatable bonds is 6. The summed E-state index contributed by atoms with van der Waals surface area (Å²) in [7, 11) is 2.31. The zero-order chi connectivity index (χ0) is 23.1. The molecular formula is C29H37NO3. The summed E-state index contributed by atoms with van der Waals surface area (Å²) in [5.74, 6) is 0.337. The third-order valence-corrected chi connectivity index (χ3v) is 9.13. The first kappa shape index (κ1) is 22.5. The van der Waals surface area contributed by atoms with E-state index in [-0.39, 0.29) is 24.1 Å². The van der Waals surface area contributed by atoms with Crippen LogP contribution in [0, 0.1) is 5.41 Å². The van der Waals surface area contributed by atoms with E-state index in [0.29, 0.717) is 17.9 Å². The van der Waals surface area contributed by atoms with Crippen LogP contribution < -0.4 is 4.74 Å². The van der Waals surface area contributed by atoms with Gasteiger partial charge in [-0.05, 0) is 79.9 Å². The lowest BCUT2D eigenvalue weighted by Gasteiger charge is -2.65. The second kappa shape index (κ2) is 8.79. The molecule has 0 aromatic heterocycles. The van der Waals surface area contributed by atoms with E-state index >= 15 is 0 Å². The van der Waals surface area contributed by atoms with Gasteiger partial charge in [0.15, 0.2) is 0 Å². The predicted molar refractivity (Wildman–Crippen MR) is 130 cm³/mol. The van der Waals surface area contributed by atoms with Crippen molar-refractivity contribution in [3.05, 3.63) is 65.2 Å². The van der Waals surface area contributed by atoms with Crippen LogP contribution in [0.2, 0.25) is 0 Å². The largest absolute Gasteiger partial charge is 0.457 e. The molecule has 2 bridgehead atoms. The van der Waals surface area contributed by atoms with Gasteiger partial charge in [-0.1, -0.05) is 63.1 Å². The van der Waals surface area contributed by atoms with Crippen LogP contribution >= 0.6 is 0 Å². The molecule has 4 atom stereocenters. The van der Waals surface area contributed by atoms with Crippen molar-refractivity contribution in [3.63, 3.8) is 0 Å². The van der Waals surface area contributed by atoms with Crippen LogP contribution in [0.1, 0.15) is 75.0 Å². The van der Waals surface area contributed by atoms with E-state index in [1.54, 1.807) is 0 Å². The zero-order valence-electron chi connectivity index (χ0n) is 20.3. The first-order valence-corrected chi connectivity index (χ1v) is 12.7. The van der Waals surface area contributed by atoms with Gasteiger partial charge in [-0.3, -0.25) is 4.79 Å². The summed E-state index contributed by atoms with van der Waals surface area (Å²) in [5, 5.41) is 0. The van der Waals surface area contributed by atoms with Gasteiger partial charge in [-0.15, -0.1) is 0 Å². The summed E-state index contributed by atoms with van der Waals surface area (Å²) < 4.78 is 11.5. The van der Waals surface area contributed by atoms with E-state index in [9.17, 15) is 4.79 Å². The van der Waals surface area contributed by atoms with Crippen LogP contribution in [0.15, 0.2) is 48.5 Å². The van der Waals surface area contributed by atoms with Crippen molar-refractivity contribution in [2.24, 2.45) is 5.41 Å². The average Bonchev–Trinajstić information content (AvgIpc) is 2.82. The lowest BCUT2D eigenvalue weighted by molar-refractivity contribution is -0.152. The number of benzene rings is 2. The number of carbonyl (C=O) groups excluding carboxylic acids is 1. The minimum absolute atomic E-state index is 0.0451. The van der Waals surface area contributed by atoms with Gasteiger partial charge < -0.3 is 14.4 Å². The van der Waals surface area contributed by atoms with Gasteiger partial charge in [0.1, 0.15) is 5.75 Å². The van der Waals surface area contributed by atoms with Gasteiger partial charge in [-0.2, -0.15) is 0 Å². The molecule has 1 heterocycles. The van der Waals surface area contributed by atoms with E-state index in [1.807, 2.05) is 37.3 Å². The maximum Gasteiger partial charge on any atom is 0.316 e. The highest BCUT2D eigenvalue weighted by atomic mass is 16.7. The Hall–Kier alpha value is -2.33. The average molecular weight is 448 g/mol. The maximum absolute atomic E-state index is 12.7. The van der Waals surface area contributed by atoms with Crippen LogP contribution in [0.5, 0.6) is 5.75 Å². The van der Waals surface area contributed by atoms with E-state index in [4.69, 9.17) is 9.47 Å². The molecule has 1 saturated carbocycles. The minimum atomic E-state index is -0.253. The Morgan fingerprint density at radius 1 is 1.12 bits per heavy atom. The van der Waals surface area contributed by atoms with E-state index < -0.39 is 0 Å². The Balaban J connectivity index is 1.32. The Labute approximate surface area is 198 Å². The smallest absolute Gasteiger partial charge is 0.316 e. The number of ether oxygens (including phenoxy) is 2. The third-order valence-electron chi connectivity index (χ3n) is 9.13. The number of fused-ring (bicyclic) bond motifs is 1. The van der Waals surface area contributed by atoms with E-state index in [0.717, 1.165) is 17.7 Å². The number of carbonyl (C=O) groups is 1. The number of likely N-dealkylation sites (tertiary alicyclic amines) is 1. The van der Waals surface area contributed by atoms with Crippen molar-refractivity contribution in [1.29, 1.82) is 0 Å². The van der Waals surface area contributed by atoms with Crippen molar-refractivity contribution in [2.45, 2.75) is 76.2 Å². The monoisotopic (exact) mass is 447 g/mol. The third kappa shape index (κ3) is 3.67. The molecule has 1 saturated heterocycles. The molecule has 0 N–H and O–H groups in total. The fraction of sp³-hybridized carbons (Fsp3) is 0.552. The number of hydrogen-bond acceptors (Lipinski definition) is 4. The highest BCUT2D eigenvalue weighted by Crippen LogP contribution is 2.62. The summed E-state index contributed by atoms with van der Waals surface area (Å²) in [6.45, 7) is 5.68. The van der Waals surface area contributed by atoms with Crippen molar-refractivity contribution < 1.29 is 14.3 Å². The van der Waals surface area contributed by atoms with Crippen LogP contribution in [-0.2, 0) is 21.4 Å². The molecule has 2 aromatic rings. The van der Waals surface area contributed by atoms with Gasteiger partial charge in [0, 0.05) is 11.5 Å². The van der Waals surface area contributed by atoms with Crippen molar-refractivity contribution >= 4 is 5.97 Å². The summed E-state index contributed by atoms with van der Waals surface area (Å²) >= 11 is 0. The molecule has 4 heteroatoms. The molecule has 0 spiro atoms. The molecule has 2 fully saturated rings. The zero-order valence-corrected chi connectivity index (χ0v) is 20.3. The minimum Gasteiger partial charge on any atom is -0.457 e. The second-order valence-corrected chi connectivity index (χ2v) is 10.6. The molecule has 176 valence electrons. The fourth-order valence-corrected chi connectivity index (χ4v) is 7.26. The molecule has 3 aliphatic rings. The van der Waals surface area contributed by atoms with Gasteiger partial charge in [-0.25, -0.2) is 0 Å². The summed E-state index contributed by atoms with van der Waals surface area (Å²) in [6, 6.07) is 17.0. The molecular weight excluding hydrogens is 410 g/mol. The number of piperidine rings is 1. The normalized spacial score (nSPS) is 29.5. The first-order chi connectivity index (χ1) is 16.0. The summed E-state index contributed by atoms with van der Waals surface area (Å²) in [4.78, 5) is 15.3. The number of esters is 1. The van der Waals surface area contributed by atoms with E-state index in [2.05, 4.69) is 37.1 Å². The maximum atomic E-state index is 12.7. The topological polar surface area (TPSA) is 38.8 Å². The van der Waals surface area contributed by atoms with Crippen molar-refractivity contribution in [2.75, 3.05) is 20.4 Å². The molecule has 2 aliphatic carbocycles. The summed E-state index contributed by atoms with van der Waals surface area (Å²) in [5.41, 5.74) is 4.53. The lowest BCUT2D eigenvalue weighted by Crippen LogP contribution is -2.66. The molecule has 0 amide bonds. The SMILES string of the molecule is CCC(C(=O)OCOc1ccc2c(c1)[C@]13CCCC[C@]1(C)[C@H](C2)N(C)CC3)c1ccccc1. The molecule has 5 rings (SSSR count). The second-order valence-electron chi connectivity index (χ2n) is 10.6. The van der Waals surface area contributed by atoms with Gasteiger partial charge in [0.05, 0.1) is 5.92 Å². The first-order valence-electron chi connectivity index (χ1n) is 12.7. The molecule has 2 aromatic carbocycles. The summed E-state index contributed by atoms with van der Waals surface area (Å²) in [6.07, 6.45) is 8.27. The molecule has 0 radical (unpaired) electrons. The van der Waals surface area contributed by atoms with Crippen LogP contribution in [0.25, 0.3) is 0 Å². The number of nitrogens with zero attached hydrogens (tertiary/aromatic N) is 1. The van der Waals surface area contributed by atoms with Crippen LogP contribution in [0.4, 0.5) is 0 Å². The Bertz CT molecular complexity index is 1010. The van der Waals surface area contributed by atoms with Crippen molar-refractivity contribution in [1.82, 2.24) is 4.90 Å². The lowest BCUT2D eigenvalue weighted by atomic mass is 9.45. The fourth-order valence-electron chi connectivity index (χ4n) is 7.26. The highest BCUT2D eigenvalue weighted by Gasteiger charge is 2.60. The number of hydrogen-bond donors (Lipinski definition) is 0. The van der Waals surface area contributed by atoms with Gasteiger partial charge in [0.2, 0.25) is 6.79 Å². The quantitative estimate of drug-likeness (QED) is 0.412. The molecule has 1 aliphatic heterocycles. The van der Waals surface area contributed by atoms with Crippen LogP contribution in [-0.4, -0.2) is 37.3 Å². The Morgan fingerprint density at radius 2 is 1.91 bits per heavy atom.